The number of pyridine rings is 1. The van der Waals surface area contributed by atoms with Crippen molar-refractivity contribution in [2.45, 2.75) is 6.92 Å². The van der Waals surface area contributed by atoms with Gasteiger partial charge in [-0.25, -0.2) is 9.59 Å². The van der Waals surface area contributed by atoms with E-state index < -0.39 is 11.9 Å². The molecule has 1 aliphatic rings. The van der Waals surface area contributed by atoms with Crippen LogP contribution in [-0.2, 0) is 23.8 Å². The van der Waals surface area contributed by atoms with Gasteiger partial charge in [-0.3, -0.25) is 4.98 Å². The molecule has 0 spiro atoms. The van der Waals surface area contributed by atoms with Gasteiger partial charge in [-0.2, -0.15) is 0 Å². The Morgan fingerprint density at radius 2 is 1.74 bits per heavy atom. The first-order valence-corrected chi connectivity index (χ1v) is 8.34. The minimum Gasteiger partial charge on any atom is -0.466 e. The first kappa shape index (κ1) is 18.6. The second-order valence-electron chi connectivity index (χ2n) is 5.93. The normalized spacial score (nSPS) is 14.1. The van der Waals surface area contributed by atoms with E-state index in [1.54, 1.807) is 4.90 Å². The van der Waals surface area contributed by atoms with Crippen molar-refractivity contribution in [1.82, 2.24) is 4.98 Å². The van der Waals surface area contributed by atoms with Crippen molar-refractivity contribution < 1.29 is 23.8 Å². The number of nitrogens with zero attached hydrogens (tertiary/aromatic N) is 2. The number of anilines is 1. The number of esters is 2. The molecule has 2 heterocycles. The number of ether oxygens (including phenoxy) is 3. The van der Waals surface area contributed by atoms with Crippen LogP contribution in [0.2, 0.25) is 0 Å². The molecule has 1 aromatic carbocycles. The zero-order chi connectivity index (χ0) is 19.4. The van der Waals surface area contributed by atoms with E-state index in [2.05, 4.69) is 4.98 Å². The molecule has 0 amide bonds. The second kappa shape index (κ2) is 8.01. The molecule has 7 nitrogen and oxygen atoms in total. The lowest BCUT2D eigenvalue weighted by atomic mass is 10.1. The lowest BCUT2D eigenvalue weighted by molar-refractivity contribution is -0.140. The van der Waals surface area contributed by atoms with Gasteiger partial charge in [0.2, 0.25) is 0 Å². The van der Waals surface area contributed by atoms with Crippen molar-refractivity contribution >= 4 is 17.6 Å². The molecule has 0 bridgehead atoms. The number of benzene rings is 1. The summed E-state index contributed by atoms with van der Waals surface area (Å²) in [5.41, 5.74) is 3.66. The molecular formula is C20H20N2O5. The maximum Gasteiger partial charge on any atom is 0.355 e. The number of aromatic nitrogens is 1. The van der Waals surface area contributed by atoms with Crippen LogP contribution >= 0.6 is 0 Å². The summed E-state index contributed by atoms with van der Waals surface area (Å²) in [6.07, 6.45) is 0. The maximum atomic E-state index is 12.3. The van der Waals surface area contributed by atoms with Crippen LogP contribution < -0.4 is 4.90 Å². The van der Waals surface area contributed by atoms with Crippen molar-refractivity contribution in [3.05, 3.63) is 59.4 Å². The van der Waals surface area contributed by atoms with Gasteiger partial charge in [-0.05, 0) is 31.2 Å². The van der Waals surface area contributed by atoms with Crippen LogP contribution in [0, 0.1) is 6.92 Å². The number of rotatable bonds is 4. The molecule has 0 aliphatic carbocycles. The minimum atomic E-state index is -0.624. The average molecular weight is 368 g/mol. The van der Waals surface area contributed by atoms with E-state index in [9.17, 15) is 9.59 Å². The zero-order valence-electron chi connectivity index (χ0n) is 15.4. The van der Waals surface area contributed by atoms with E-state index in [-0.39, 0.29) is 24.6 Å². The lowest BCUT2D eigenvalue weighted by Gasteiger charge is -2.31. The van der Waals surface area contributed by atoms with Crippen LogP contribution in [0.1, 0.15) is 5.69 Å². The molecule has 27 heavy (non-hydrogen) atoms. The van der Waals surface area contributed by atoms with Crippen molar-refractivity contribution in [1.29, 1.82) is 0 Å². The molecule has 0 unspecified atom stereocenters. The number of hydrogen-bond acceptors (Lipinski definition) is 7. The Hall–Kier alpha value is -3.19. The molecule has 0 fully saturated rings. The molecule has 0 saturated carbocycles. The molecule has 3 rings (SSSR count). The molecule has 2 aromatic rings. The van der Waals surface area contributed by atoms with E-state index >= 15 is 0 Å². The summed E-state index contributed by atoms with van der Waals surface area (Å²) >= 11 is 0. The summed E-state index contributed by atoms with van der Waals surface area (Å²) < 4.78 is 15.1. The Kier molecular flexibility index (Phi) is 5.52. The van der Waals surface area contributed by atoms with Crippen LogP contribution in [0.3, 0.4) is 0 Å². The number of hydrogen-bond donors (Lipinski definition) is 0. The van der Waals surface area contributed by atoms with Crippen LogP contribution in [0.5, 0.6) is 0 Å². The standard InChI is InChI=1S/C20H20N2O5/c1-13-5-4-6-17(21-13)14-7-9-15(10-8-14)22-12-27-11-16(19(23)25-2)18(22)20(24)26-3/h4-10H,11-12H2,1-3H3. The van der Waals surface area contributed by atoms with Crippen molar-refractivity contribution in [3.8, 4) is 11.3 Å². The fourth-order valence-electron chi connectivity index (χ4n) is 2.86. The summed E-state index contributed by atoms with van der Waals surface area (Å²) in [5.74, 6) is -1.25. The average Bonchev–Trinajstić information content (AvgIpc) is 2.72. The van der Waals surface area contributed by atoms with E-state index in [4.69, 9.17) is 14.2 Å². The predicted octanol–water partition coefficient (Wildman–Crippen LogP) is 2.45. The lowest BCUT2D eigenvalue weighted by Crippen LogP contribution is -2.38. The van der Waals surface area contributed by atoms with Crippen molar-refractivity contribution in [2.24, 2.45) is 0 Å². The highest BCUT2D eigenvalue weighted by molar-refractivity contribution is 6.03. The summed E-state index contributed by atoms with van der Waals surface area (Å²) in [5, 5.41) is 0. The van der Waals surface area contributed by atoms with E-state index in [1.807, 2.05) is 49.4 Å². The SMILES string of the molecule is COC(=O)C1=C(C(=O)OC)N(c2ccc(-c3cccc(C)n3)cc2)COC1. The van der Waals surface area contributed by atoms with Gasteiger partial charge in [0, 0.05) is 16.9 Å². The van der Waals surface area contributed by atoms with Gasteiger partial charge in [-0.1, -0.05) is 18.2 Å². The Bertz CT molecular complexity index is 890. The Morgan fingerprint density at radius 1 is 1.04 bits per heavy atom. The zero-order valence-corrected chi connectivity index (χ0v) is 15.4. The Labute approximate surface area is 157 Å². The summed E-state index contributed by atoms with van der Waals surface area (Å²) in [6.45, 7) is 2.04. The van der Waals surface area contributed by atoms with Gasteiger partial charge in [-0.15, -0.1) is 0 Å². The Morgan fingerprint density at radius 3 is 2.37 bits per heavy atom. The van der Waals surface area contributed by atoms with Gasteiger partial charge >= 0.3 is 11.9 Å². The fourth-order valence-corrected chi connectivity index (χ4v) is 2.86. The number of carbonyl (C=O) groups is 2. The van der Waals surface area contributed by atoms with Crippen LogP contribution in [-0.4, -0.2) is 44.5 Å². The minimum absolute atomic E-state index is 0.0150. The van der Waals surface area contributed by atoms with E-state index in [1.165, 1.54) is 14.2 Å². The van der Waals surface area contributed by atoms with Gasteiger partial charge in [0.25, 0.3) is 0 Å². The third-order valence-electron chi connectivity index (χ3n) is 4.20. The summed E-state index contributed by atoms with van der Waals surface area (Å²) in [4.78, 5) is 30.5. The third-order valence-corrected chi connectivity index (χ3v) is 4.20. The van der Waals surface area contributed by atoms with Crippen LogP contribution in [0.25, 0.3) is 11.3 Å². The molecular weight excluding hydrogens is 348 g/mol. The maximum absolute atomic E-state index is 12.3. The van der Waals surface area contributed by atoms with Gasteiger partial charge in [0.1, 0.15) is 12.4 Å². The van der Waals surface area contributed by atoms with Crippen molar-refractivity contribution in [3.63, 3.8) is 0 Å². The first-order chi connectivity index (χ1) is 13.0. The Balaban J connectivity index is 1.98. The number of aryl methyl sites for hydroxylation is 1. The van der Waals surface area contributed by atoms with Gasteiger partial charge < -0.3 is 19.1 Å². The topological polar surface area (TPSA) is 78.0 Å². The number of carbonyl (C=O) groups excluding carboxylic acids is 2. The summed E-state index contributed by atoms with van der Waals surface area (Å²) in [7, 11) is 2.52. The van der Waals surface area contributed by atoms with E-state index in [0.717, 1.165) is 17.0 Å². The highest BCUT2D eigenvalue weighted by Crippen LogP contribution is 2.28. The molecule has 0 saturated heterocycles. The molecule has 1 aromatic heterocycles. The second-order valence-corrected chi connectivity index (χ2v) is 5.93. The van der Waals surface area contributed by atoms with Crippen LogP contribution in [0.4, 0.5) is 5.69 Å². The largest absolute Gasteiger partial charge is 0.466 e. The third kappa shape index (κ3) is 3.83. The molecule has 1 aliphatic heterocycles. The van der Waals surface area contributed by atoms with Gasteiger partial charge in [0.15, 0.2) is 0 Å². The summed E-state index contributed by atoms with van der Waals surface area (Å²) in [6, 6.07) is 13.3. The predicted molar refractivity (Wildman–Crippen MR) is 98.8 cm³/mol. The van der Waals surface area contributed by atoms with Crippen molar-refractivity contribution in [2.75, 3.05) is 32.5 Å². The monoisotopic (exact) mass is 368 g/mol. The highest BCUT2D eigenvalue weighted by atomic mass is 16.5. The molecule has 0 atom stereocenters. The van der Waals surface area contributed by atoms with Crippen LogP contribution in [0.15, 0.2) is 53.7 Å². The first-order valence-electron chi connectivity index (χ1n) is 8.34. The quantitative estimate of drug-likeness (QED) is 0.767. The molecule has 0 N–H and O–H groups in total. The fraction of sp³-hybridized carbons (Fsp3) is 0.250. The molecule has 0 radical (unpaired) electrons. The molecule has 140 valence electrons. The van der Waals surface area contributed by atoms with E-state index in [0.29, 0.717) is 5.69 Å². The highest BCUT2D eigenvalue weighted by Gasteiger charge is 2.32. The number of methoxy groups -OCH3 is 2. The van der Waals surface area contributed by atoms with Gasteiger partial charge in [0.05, 0.1) is 32.1 Å². The smallest absolute Gasteiger partial charge is 0.355 e. The molecule has 7 heteroatoms.